The van der Waals surface area contributed by atoms with Gasteiger partial charge >= 0.3 is 0 Å². The first-order valence-corrected chi connectivity index (χ1v) is 11.2. The average molecular weight is 359 g/mol. The minimum Gasteiger partial charge on any atom is -0.371 e. The summed E-state index contributed by atoms with van der Waals surface area (Å²) in [4.78, 5) is 13.1. The van der Waals surface area contributed by atoms with Crippen molar-refractivity contribution in [2.45, 2.75) is 45.6 Å². The molecule has 1 N–H and O–H groups in total. The van der Waals surface area contributed by atoms with E-state index in [1.165, 1.54) is 43.6 Å². The molecule has 0 aliphatic heterocycles. The second-order valence-electron chi connectivity index (χ2n) is 7.39. The lowest BCUT2D eigenvalue weighted by Gasteiger charge is -2.27. The summed E-state index contributed by atoms with van der Waals surface area (Å²) in [6.45, 7) is 7.57. The van der Waals surface area contributed by atoms with Gasteiger partial charge in [0.05, 0.1) is 6.33 Å². The number of nitrogens with zero attached hydrogens (tertiary/aromatic N) is 4. The summed E-state index contributed by atoms with van der Waals surface area (Å²) >= 11 is 0. The molecule has 2 atom stereocenters. The van der Waals surface area contributed by atoms with E-state index in [1.807, 2.05) is 13.4 Å². The van der Waals surface area contributed by atoms with Gasteiger partial charge in [-0.15, -0.1) is 7.55 Å². The molecule has 3 rings (SSSR count). The van der Waals surface area contributed by atoms with Gasteiger partial charge in [0.25, 0.3) is 0 Å². The van der Waals surface area contributed by atoms with Gasteiger partial charge in [0, 0.05) is 13.6 Å². The molecule has 0 amide bonds. The number of rotatable bonds is 9. The van der Waals surface area contributed by atoms with Crippen molar-refractivity contribution >= 4 is 30.8 Å². The van der Waals surface area contributed by atoms with Gasteiger partial charge in [-0.3, -0.25) is 0 Å². The van der Waals surface area contributed by atoms with Crippen LogP contribution in [0.15, 0.2) is 24.5 Å². The van der Waals surface area contributed by atoms with Gasteiger partial charge in [-0.1, -0.05) is 44.4 Å². The predicted octanol–water partition coefficient (Wildman–Crippen LogP) is 4.24. The molecule has 1 aliphatic carbocycles. The lowest BCUT2D eigenvalue weighted by atomic mass is 9.83. The normalized spacial score (nSPS) is 17.2. The standard InChI is InChI=1S/C19H30N5P/c1-14(8-9-25(4)15(2)10-16-6-5-7-16)11-24-13-23-17-18(20-3)21-12-22-19(17)24/h12-14,16,25H,2,4-11H2,1,3H3,(H,20,21,22). The van der Waals surface area contributed by atoms with Gasteiger partial charge < -0.3 is 9.88 Å². The molecule has 2 aromatic rings. The van der Waals surface area contributed by atoms with Gasteiger partial charge in [0.1, 0.15) is 11.8 Å². The highest BCUT2D eigenvalue weighted by Crippen LogP contribution is 2.41. The van der Waals surface area contributed by atoms with Crippen LogP contribution in [0.1, 0.15) is 39.0 Å². The highest BCUT2D eigenvalue weighted by Gasteiger charge is 2.19. The highest BCUT2D eigenvalue weighted by atomic mass is 31.1. The Kier molecular flexibility index (Phi) is 5.95. The summed E-state index contributed by atoms with van der Waals surface area (Å²) in [5.41, 5.74) is 1.74. The summed E-state index contributed by atoms with van der Waals surface area (Å²) in [5, 5.41) is 4.52. The highest BCUT2D eigenvalue weighted by molar-refractivity contribution is 7.60. The van der Waals surface area contributed by atoms with Crippen LogP contribution in [0.5, 0.6) is 0 Å². The van der Waals surface area contributed by atoms with Crippen molar-refractivity contribution in [1.29, 1.82) is 0 Å². The van der Waals surface area contributed by atoms with Gasteiger partial charge in [0.15, 0.2) is 11.5 Å². The largest absolute Gasteiger partial charge is 0.371 e. The quantitative estimate of drug-likeness (QED) is 0.680. The van der Waals surface area contributed by atoms with E-state index in [-0.39, 0.29) is 0 Å². The SMILES string of the molecule is C=C(CC1CCC1)[PH](=C)CCC(C)Cn1cnc2c(NC)ncnc21. The van der Waals surface area contributed by atoms with Crippen molar-refractivity contribution in [1.82, 2.24) is 19.5 Å². The number of aromatic nitrogens is 4. The van der Waals surface area contributed by atoms with Crippen LogP contribution in [0, 0.1) is 11.8 Å². The Morgan fingerprint density at radius 3 is 2.88 bits per heavy atom. The third-order valence-electron chi connectivity index (χ3n) is 5.35. The fraction of sp³-hybridized carbons (Fsp3) is 0.579. The number of hydrogen-bond donors (Lipinski definition) is 1. The Balaban J connectivity index is 1.53. The molecule has 6 heteroatoms. The van der Waals surface area contributed by atoms with Crippen molar-refractivity contribution < 1.29 is 0 Å². The van der Waals surface area contributed by atoms with Crippen molar-refractivity contribution in [2.24, 2.45) is 11.8 Å². The maximum atomic E-state index is 4.47. The number of hydrogen-bond acceptors (Lipinski definition) is 4. The van der Waals surface area contributed by atoms with Gasteiger partial charge in [-0.2, -0.15) is 0 Å². The van der Waals surface area contributed by atoms with E-state index in [1.54, 1.807) is 6.33 Å². The fourth-order valence-corrected chi connectivity index (χ4v) is 5.18. The Morgan fingerprint density at radius 1 is 1.40 bits per heavy atom. The van der Waals surface area contributed by atoms with Gasteiger partial charge in [0.2, 0.25) is 0 Å². The first kappa shape index (κ1) is 18.2. The number of fused-ring (bicyclic) bond motifs is 1. The van der Waals surface area contributed by atoms with Crippen LogP contribution in [0.3, 0.4) is 0 Å². The van der Waals surface area contributed by atoms with Crippen LogP contribution >= 0.6 is 7.55 Å². The van der Waals surface area contributed by atoms with Crippen LogP contribution in [-0.4, -0.2) is 39.0 Å². The monoisotopic (exact) mass is 359 g/mol. The molecular formula is C19H30N5P. The maximum absolute atomic E-state index is 4.47. The third-order valence-corrected chi connectivity index (χ3v) is 7.44. The van der Waals surface area contributed by atoms with Gasteiger partial charge in [-0.25, -0.2) is 15.0 Å². The van der Waals surface area contributed by atoms with E-state index in [9.17, 15) is 0 Å². The first-order valence-electron chi connectivity index (χ1n) is 9.28. The molecule has 1 fully saturated rings. The summed E-state index contributed by atoms with van der Waals surface area (Å²) in [7, 11) is 1.19. The van der Waals surface area contributed by atoms with E-state index in [2.05, 4.69) is 44.6 Å². The molecule has 0 aromatic carbocycles. The molecule has 136 valence electrons. The molecule has 1 aliphatic rings. The van der Waals surface area contributed by atoms with Gasteiger partial charge in [-0.05, 0) is 30.8 Å². The molecule has 25 heavy (non-hydrogen) atoms. The zero-order chi connectivity index (χ0) is 17.8. The summed E-state index contributed by atoms with van der Waals surface area (Å²) in [5.74, 6) is 2.26. The zero-order valence-corrected chi connectivity index (χ0v) is 16.5. The van der Waals surface area contributed by atoms with E-state index in [0.717, 1.165) is 29.4 Å². The number of allylic oxidation sites excluding steroid dienone is 1. The molecule has 0 spiro atoms. The van der Waals surface area contributed by atoms with Crippen molar-refractivity contribution in [2.75, 3.05) is 18.5 Å². The van der Waals surface area contributed by atoms with Crippen molar-refractivity contribution in [3.05, 3.63) is 24.5 Å². The molecule has 2 unspecified atom stereocenters. The number of nitrogens with one attached hydrogen (secondary N) is 1. The Labute approximate surface area is 151 Å². The lowest BCUT2D eigenvalue weighted by Crippen LogP contribution is -2.11. The van der Waals surface area contributed by atoms with E-state index >= 15 is 0 Å². The third kappa shape index (κ3) is 4.33. The Bertz CT molecular complexity index is 762. The zero-order valence-electron chi connectivity index (χ0n) is 15.5. The van der Waals surface area contributed by atoms with Crippen molar-refractivity contribution in [3.8, 4) is 0 Å². The predicted molar refractivity (Wildman–Crippen MR) is 110 cm³/mol. The Hall–Kier alpha value is -1.61. The van der Waals surface area contributed by atoms with Crippen LogP contribution < -0.4 is 5.32 Å². The van der Waals surface area contributed by atoms with Crippen LogP contribution in [0.4, 0.5) is 5.82 Å². The first-order chi connectivity index (χ1) is 12.1. The molecule has 2 heterocycles. The number of anilines is 1. The molecule has 1 saturated carbocycles. The van der Waals surface area contributed by atoms with Crippen molar-refractivity contribution in [3.63, 3.8) is 0 Å². The molecular weight excluding hydrogens is 329 g/mol. The summed E-state index contributed by atoms with van der Waals surface area (Å²) in [6.07, 6.45) is 15.7. The fourth-order valence-electron chi connectivity index (χ4n) is 3.41. The second kappa shape index (κ2) is 8.18. The van der Waals surface area contributed by atoms with E-state index < -0.39 is 7.55 Å². The average Bonchev–Trinajstić information content (AvgIpc) is 2.98. The van der Waals surface area contributed by atoms with E-state index in [4.69, 9.17) is 0 Å². The van der Waals surface area contributed by atoms with E-state index in [0.29, 0.717) is 5.92 Å². The minimum absolute atomic E-state index is 0.573. The van der Waals surface area contributed by atoms with Crippen LogP contribution in [0.25, 0.3) is 11.2 Å². The number of imidazole rings is 1. The van der Waals surface area contributed by atoms with Crippen LogP contribution in [0.2, 0.25) is 0 Å². The van der Waals surface area contributed by atoms with Crippen LogP contribution in [-0.2, 0) is 6.54 Å². The molecule has 0 saturated heterocycles. The topological polar surface area (TPSA) is 55.6 Å². The molecule has 5 nitrogen and oxygen atoms in total. The molecule has 0 bridgehead atoms. The second-order valence-corrected chi connectivity index (χ2v) is 9.81. The molecule has 2 aromatic heterocycles. The summed E-state index contributed by atoms with van der Waals surface area (Å²) in [6, 6.07) is 0. The minimum atomic E-state index is -0.669. The summed E-state index contributed by atoms with van der Waals surface area (Å²) < 4.78 is 2.14. The lowest BCUT2D eigenvalue weighted by molar-refractivity contribution is 0.318. The Morgan fingerprint density at radius 2 is 2.20 bits per heavy atom. The molecule has 0 radical (unpaired) electrons. The maximum Gasteiger partial charge on any atom is 0.165 e. The smallest absolute Gasteiger partial charge is 0.165 e.